The quantitative estimate of drug-likeness (QED) is 0.475. The zero-order chi connectivity index (χ0) is 9.90. The Bertz CT molecular complexity index is 277. The molecule has 1 heterocycles. The number of carbonyl (C=O) groups excluding carboxylic acids is 1. The van der Waals surface area contributed by atoms with Gasteiger partial charge in [0, 0.05) is 0 Å². The van der Waals surface area contributed by atoms with Gasteiger partial charge >= 0.3 is 0 Å². The molecule has 13 heavy (non-hydrogen) atoms. The first-order chi connectivity index (χ1) is 6.03. The SMILES string of the molecule is C=C(C)C(=O)CC[N+]1(C)C=CN=C1. The number of Topliss-reactive ketones (excluding diaryl/α,β-unsaturated/α-hetero) is 1. The lowest BCUT2D eigenvalue weighted by molar-refractivity contribution is -0.755. The molecule has 1 rings (SSSR count). The summed E-state index contributed by atoms with van der Waals surface area (Å²) in [5.41, 5.74) is 0.631. The van der Waals surface area contributed by atoms with Crippen molar-refractivity contribution in [3.63, 3.8) is 0 Å². The Balaban J connectivity index is 2.43. The van der Waals surface area contributed by atoms with Gasteiger partial charge in [-0.1, -0.05) is 6.58 Å². The van der Waals surface area contributed by atoms with Crippen LogP contribution in [-0.2, 0) is 4.79 Å². The van der Waals surface area contributed by atoms with Crippen LogP contribution in [0, 0.1) is 0 Å². The minimum atomic E-state index is 0.132. The van der Waals surface area contributed by atoms with E-state index < -0.39 is 0 Å². The molecule has 0 saturated heterocycles. The Kier molecular flexibility index (Phi) is 2.78. The van der Waals surface area contributed by atoms with Gasteiger partial charge in [0.1, 0.15) is 6.20 Å². The van der Waals surface area contributed by atoms with Gasteiger partial charge in [-0.2, -0.15) is 0 Å². The standard InChI is InChI=1S/C10H15N2O/c1-9(2)10(13)4-6-12(3)7-5-11-8-12/h5,7-8H,1,4,6H2,2-3H3/q+1. The summed E-state index contributed by atoms with van der Waals surface area (Å²) < 4.78 is 0.610. The molecule has 3 nitrogen and oxygen atoms in total. The third-order valence-corrected chi connectivity index (χ3v) is 2.12. The largest absolute Gasteiger partial charge is 0.294 e. The van der Waals surface area contributed by atoms with Crippen LogP contribution in [0.15, 0.2) is 29.5 Å². The minimum Gasteiger partial charge on any atom is -0.294 e. The van der Waals surface area contributed by atoms with Crippen LogP contribution in [-0.4, -0.2) is 30.2 Å². The molecule has 1 aliphatic rings. The maximum Gasteiger partial charge on any atom is 0.194 e. The monoisotopic (exact) mass is 179 g/mol. The van der Waals surface area contributed by atoms with Crippen LogP contribution in [0.2, 0.25) is 0 Å². The second kappa shape index (κ2) is 3.66. The van der Waals surface area contributed by atoms with Gasteiger partial charge in [0.25, 0.3) is 0 Å². The fraction of sp³-hybridized carbons (Fsp3) is 0.400. The molecule has 0 aliphatic carbocycles. The molecule has 0 spiro atoms. The van der Waals surface area contributed by atoms with E-state index in [2.05, 4.69) is 11.6 Å². The molecule has 0 amide bonds. The van der Waals surface area contributed by atoms with Crippen LogP contribution in [0.5, 0.6) is 0 Å². The molecule has 0 aromatic carbocycles. The smallest absolute Gasteiger partial charge is 0.194 e. The Morgan fingerprint density at radius 3 is 2.77 bits per heavy atom. The van der Waals surface area contributed by atoms with Crippen LogP contribution >= 0.6 is 0 Å². The molecule has 0 N–H and O–H groups in total. The van der Waals surface area contributed by atoms with Crippen LogP contribution in [0.1, 0.15) is 13.3 Å². The van der Waals surface area contributed by atoms with Crippen molar-refractivity contribution in [2.75, 3.05) is 13.6 Å². The van der Waals surface area contributed by atoms with Gasteiger partial charge in [0.05, 0.1) is 26.2 Å². The fourth-order valence-electron chi connectivity index (χ4n) is 1.11. The highest BCUT2D eigenvalue weighted by molar-refractivity contribution is 5.94. The molecule has 0 radical (unpaired) electrons. The Morgan fingerprint density at radius 1 is 1.62 bits per heavy atom. The van der Waals surface area contributed by atoms with E-state index >= 15 is 0 Å². The van der Waals surface area contributed by atoms with Crippen molar-refractivity contribution < 1.29 is 9.28 Å². The molecule has 1 aliphatic heterocycles. The molecular weight excluding hydrogens is 164 g/mol. The number of carbonyl (C=O) groups is 1. The summed E-state index contributed by atoms with van der Waals surface area (Å²) in [4.78, 5) is 15.3. The number of nitrogens with zero attached hydrogens (tertiary/aromatic N) is 2. The predicted molar refractivity (Wildman–Crippen MR) is 53.1 cm³/mol. The van der Waals surface area contributed by atoms with Crippen molar-refractivity contribution in [1.82, 2.24) is 0 Å². The van der Waals surface area contributed by atoms with Gasteiger partial charge < -0.3 is 0 Å². The molecule has 3 heteroatoms. The number of ketones is 1. The van der Waals surface area contributed by atoms with E-state index in [-0.39, 0.29) is 5.78 Å². The lowest BCUT2D eigenvalue weighted by Gasteiger charge is -2.20. The van der Waals surface area contributed by atoms with E-state index in [1.54, 1.807) is 13.1 Å². The number of hydrogen-bond acceptors (Lipinski definition) is 2. The van der Waals surface area contributed by atoms with Crippen molar-refractivity contribution in [1.29, 1.82) is 0 Å². The molecule has 70 valence electrons. The molecule has 0 aromatic heterocycles. The second-order valence-corrected chi connectivity index (χ2v) is 3.59. The average molecular weight is 179 g/mol. The van der Waals surface area contributed by atoms with Crippen molar-refractivity contribution in [2.45, 2.75) is 13.3 Å². The molecule has 0 aromatic rings. The van der Waals surface area contributed by atoms with Crippen LogP contribution in [0.4, 0.5) is 0 Å². The Labute approximate surface area is 78.7 Å². The van der Waals surface area contributed by atoms with Crippen molar-refractivity contribution in [3.05, 3.63) is 24.6 Å². The lowest BCUT2D eigenvalue weighted by atomic mass is 10.1. The number of allylic oxidation sites excluding steroid dienone is 1. The van der Waals surface area contributed by atoms with E-state index in [1.165, 1.54) is 0 Å². The van der Waals surface area contributed by atoms with Crippen molar-refractivity contribution in [3.8, 4) is 0 Å². The minimum absolute atomic E-state index is 0.132. The molecule has 1 unspecified atom stereocenters. The topological polar surface area (TPSA) is 29.4 Å². The van der Waals surface area contributed by atoms with Gasteiger partial charge in [-0.25, -0.2) is 4.99 Å². The number of aliphatic imine (C=N–C) groups is 1. The summed E-state index contributed by atoms with van der Waals surface area (Å²) in [6, 6.07) is 0. The Morgan fingerprint density at radius 2 is 2.31 bits per heavy atom. The third kappa shape index (κ3) is 2.63. The van der Waals surface area contributed by atoms with Gasteiger partial charge in [-0.3, -0.25) is 9.28 Å². The molecule has 0 saturated carbocycles. The second-order valence-electron chi connectivity index (χ2n) is 3.59. The van der Waals surface area contributed by atoms with Crippen molar-refractivity contribution in [2.24, 2.45) is 4.99 Å². The van der Waals surface area contributed by atoms with Gasteiger partial charge in [0.15, 0.2) is 12.1 Å². The predicted octanol–water partition coefficient (Wildman–Crippen LogP) is 1.48. The lowest BCUT2D eigenvalue weighted by Crippen LogP contribution is -2.36. The third-order valence-electron chi connectivity index (χ3n) is 2.12. The molecule has 0 bridgehead atoms. The molecule has 0 fully saturated rings. The Hall–Kier alpha value is -1.22. The highest BCUT2D eigenvalue weighted by Gasteiger charge is 2.20. The van der Waals surface area contributed by atoms with E-state index in [0.29, 0.717) is 16.5 Å². The van der Waals surface area contributed by atoms with Crippen molar-refractivity contribution >= 4 is 12.1 Å². The van der Waals surface area contributed by atoms with Gasteiger partial charge in [-0.15, -0.1) is 0 Å². The first kappa shape index (κ1) is 9.86. The first-order valence-electron chi connectivity index (χ1n) is 4.29. The maximum atomic E-state index is 11.3. The number of quaternary nitrogens is 1. The summed E-state index contributed by atoms with van der Waals surface area (Å²) >= 11 is 0. The zero-order valence-electron chi connectivity index (χ0n) is 8.16. The number of rotatable bonds is 4. The number of hydrogen-bond donors (Lipinski definition) is 0. The highest BCUT2D eigenvalue weighted by Crippen LogP contribution is 2.09. The zero-order valence-corrected chi connectivity index (χ0v) is 8.16. The fourth-order valence-corrected chi connectivity index (χ4v) is 1.11. The van der Waals surface area contributed by atoms with Crippen LogP contribution < -0.4 is 0 Å². The summed E-state index contributed by atoms with van der Waals surface area (Å²) in [6.07, 6.45) is 6.07. The van der Waals surface area contributed by atoms with Gasteiger partial charge in [-0.05, 0) is 12.5 Å². The first-order valence-corrected chi connectivity index (χ1v) is 4.29. The summed E-state index contributed by atoms with van der Waals surface area (Å²) in [5.74, 6) is 0.132. The average Bonchev–Trinajstić information content (AvgIpc) is 2.48. The van der Waals surface area contributed by atoms with E-state index in [0.717, 1.165) is 6.54 Å². The van der Waals surface area contributed by atoms with Crippen LogP contribution in [0.3, 0.4) is 0 Å². The maximum absolute atomic E-state index is 11.3. The highest BCUT2D eigenvalue weighted by atomic mass is 16.1. The molecular formula is C10H15N2O+. The van der Waals surface area contributed by atoms with Crippen LogP contribution in [0.25, 0.3) is 0 Å². The summed E-state index contributed by atoms with van der Waals surface area (Å²) in [5, 5.41) is 0. The van der Waals surface area contributed by atoms with E-state index in [9.17, 15) is 4.79 Å². The summed E-state index contributed by atoms with van der Waals surface area (Å²) in [6.45, 7) is 6.12. The van der Waals surface area contributed by atoms with E-state index in [1.807, 2.05) is 19.6 Å². The van der Waals surface area contributed by atoms with E-state index in [4.69, 9.17) is 0 Å². The summed E-state index contributed by atoms with van der Waals surface area (Å²) in [7, 11) is 2.01. The normalized spacial score (nSPS) is 25.1. The molecule has 1 atom stereocenters. The van der Waals surface area contributed by atoms with Gasteiger partial charge in [0.2, 0.25) is 0 Å².